The summed E-state index contributed by atoms with van der Waals surface area (Å²) in [6.45, 7) is 9.50. The number of pyridine rings is 1. The molecular formula is C20H26BrN3O4S. The Morgan fingerprint density at radius 2 is 1.69 bits per heavy atom. The molecule has 0 aliphatic carbocycles. The molecule has 9 heteroatoms. The molecule has 29 heavy (non-hydrogen) atoms. The van der Waals surface area contributed by atoms with Crippen LogP contribution in [0.15, 0.2) is 45.9 Å². The number of aromatic nitrogens is 1. The van der Waals surface area contributed by atoms with E-state index in [0.717, 1.165) is 4.47 Å². The number of benzene rings is 1. The summed E-state index contributed by atoms with van der Waals surface area (Å²) in [5.41, 5.74) is 0.0606. The van der Waals surface area contributed by atoms with Gasteiger partial charge in [-0.2, -0.15) is 0 Å². The monoisotopic (exact) mass is 483 g/mol. The van der Waals surface area contributed by atoms with Crippen LogP contribution >= 0.6 is 15.9 Å². The maximum absolute atomic E-state index is 12.6. The zero-order valence-electron chi connectivity index (χ0n) is 16.9. The van der Waals surface area contributed by atoms with Crippen LogP contribution in [0.1, 0.15) is 38.1 Å². The number of nitrogens with one attached hydrogen (secondary N) is 1. The minimum atomic E-state index is -3.86. The van der Waals surface area contributed by atoms with Crippen molar-refractivity contribution in [3.63, 3.8) is 0 Å². The van der Waals surface area contributed by atoms with Crippen molar-refractivity contribution in [2.24, 2.45) is 11.8 Å². The van der Waals surface area contributed by atoms with Crippen LogP contribution in [-0.2, 0) is 10.0 Å². The van der Waals surface area contributed by atoms with Crippen molar-refractivity contribution in [2.75, 3.05) is 22.7 Å². The van der Waals surface area contributed by atoms with E-state index >= 15 is 0 Å². The number of anilines is 2. The third kappa shape index (κ3) is 6.43. The Labute approximate surface area is 180 Å². The topological polar surface area (TPSA) is 99.6 Å². The number of sulfonamides is 1. The van der Waals surface area contributed by atoms with Gasteiger partial charge in [-0.25, -0.2) is 18.2 Å². The molecule has 0 radical (unpaired) electrons. The van der Waals surface area contributed by atoms with E-state index < -0.39 is 16.0 Å². The maximum Gasteiger partial charge on any atom is 0.339 e. The van der Waals surface area contributed by atoms with Crippen molar-refractivity contribution < 1.29 is 18.3 Å². The van der Waals surface area contributed by atoms with Crippen LogP contribution < -0.4 is 9.62 Å². The summed E-state index contributed by atoms with van der Waals surface area (Å²) in [5, 5.41) is 9.70. The van der Waals surface area contributed by atoms with Crippen LogP contribution in [0.3, 0.4) is 0 Å². The Balaban J connectivity index is 2.40. The maximum atomic E-state index is 12.6. The molecule has 0 aliphatic rings. The molecule has 0 bridgehead atoms. The van der Waals surface area contributed by atoms with Gasteiger partial charge in [-0.15, -0.1) is 0 Å². The highest BCUT2D eigenvalue weighted by molar-refractivity contribution is 9.10. The molecule has 0 fully saturated rings. The number of halogens is 1. The van der Waals surface area contributed by atoms with Gasteiger partial charge in [0.2, 0.25) is 0 Å². The Morgan fingerprint density at radius 3 is 2.17 bits per heavy atom. The van der Waals surface area contributed by atoms with Gasteiger partial charge in [0.05, 0.1) is 16.8 Å². The van der Waals surface area contributed by atoms with Gasteiger partial charge < -0.3 is 10.0 Å². The van der Waals surface area contributed by atoms with Crippen LogP contribution in [0, 0.1) is 11.8 Å². The van der Waals surface area contributed by atoms with Crippen LogP contribution in [0.5, 0.6) is 0 Å². The van der Waals surface area contributed by atoms with Crippen LogP contribution in [0.2, 0.25) is 0 Å². The minimum Gasteiger partial charge on any atom is -0.478 e. The number of aromatic carboxylic acids is 1. The summed E-state index contributed by atoms with van der Waals surface area (Å²) in [7, 11) is -3.86. The number of carbonyl (C=O) groups is 1. The highest BCUT2D eigenvalue weighted by atomic mass is 79.9. The number of nitrogens with zero attached hydrogens (tertiary/aromatic N) is 2. The van der Waals surface area contributed by atoms with Crippen molar-refractivity contribution in [1.82, 2.24) is 4.98 Å². The quantitative estimate of drug-likeness (QED) is 0.545. The van der Waals surface area contributed by atoms with E-state index in [1.165, 1.54) is 24.4 Å². The van der Waals surface area contributed by atoms with E-state index in [0.29, 0.717) is 30.7 Å². The fourth-order valence-corrected chi connectivity index (χ4v) is 4.18. The number of carboxylic acid groups (broad SMARTS) is 1. The molecule has 0 spiro atoms. The van der Waals surface area contributed by atoms with Gasteiger partial charge in [-0.1, -0.05) is 43.6 Å². The predicted molar refractivity (Wildman–Crippen MR) is 118 cm³/mol. The molecule has 0 saturated carbocycles. The third-order valence-corrected chi connectivity index (χ3v) is 5.87. The van der Waals surface area contributed by atoms with Gasteiger partial charge in [-0.3, -0.25) is 4.72 Å². The number of rotatable bonds is 9. The van der Waals surface area contributed by atoms with Crippen molar-refractivity contribution >= 4 is 43.4 Å². The molecule has 0 atom stereocenters. The van der Waals surface area contributed by atoms with Gasteiger partial charge >= 0.3 is 5.97 Å². The molecule has 1 aromatic carbocycles. The highest BCUT2D eigenvalue weighted by Gasteiger charge is 2.22. The number of carboxylic acids is 1. The zero-order chi connectivity index (χ0) is 21.8. The normalized spacial score (nSPS) is 11.7. The van der Waals surface area contributed by atoms with E-state index in [2.05, 4.69) is 53.3 Å². The van der Waals surface area contributed by atoms with E-state index in [1.54, 1.807) is 12.1 Å². The predicted octanol–water partition coefficient (Wildman–Crippen LogP) is 4.46. The van der Waals surface area contributed by atoms with E-state index in [-0.39, 0.29) is 16.1 Å². The van der Waals surface area contributed by atoms with Crippen molar-refractivity contribution in [1.29, 1.82) is 0 Å². The van der Waals surface area contributed by atoms with Crippen molar-refractivity contribution in [3.8, 4) is 0 Å². The first kappa shape index (κ1) is 23.2. The minimum absolute atomic E-state index is 0.0395. The lowest BCUT2D eigenvalue weighted by Crippen LogP contribution is -2.33. The fourth-order valence-electron chi connectivity index (χ4n) is 2.88. The summed E-state index contributed by atoms with van der Waals surface area (Å²) in [6.07, 6.45) is 1.35. The van der Waals surface area contributed by atoms with Gasteiger partial charge in [-0.05, 0) is 42.2 Å². The van der Waals surface area contributed by atoms with Gasteiger partial charge in [0.1, 0.15) is 11.4 Å². The smallest absolute Gasteiger partial charge is 0.339 e. The van der Waals surface area contributed by atoms with Crippen molar-refractivity contribution in [3.05, 3.63) is 46.6 Å². The first-order valence-electron chi connectivity index (χ1n) is 9.26. The molecular weight excluding hydrogens is 458 g/mol. The molecule has 0 amide bonds. The van der Waals surface area contributed by atoms with E-state index in [1.807, 2.05) is 4.90 Å². The second-order valence-corrected chi connectivity index (χ2v) is 10.3. The molecule has 0 aliphatic heterocycles. The van der Waals surface area contributed by atoms with Crippen LogP contribution in [-0.4, -0.2) is 37.6 Å². The largest absolute Gasteiger partial charge is 0.478 e. The SMILES string of the molecule is CC(C)CN(CC(C)C)c1ncc(NS(=O)(=O)c2ccc(Br)cc2)cc1C(=O)O. The van der Waals surface area contributed by atoms with Crippen molar-refractivity contribution in [2.45, 2.75) is 32.6 Å². The first-order chi connectivity index (χ1) is 13.5. The molecule has 158 valence electrons. The Hall–Kier alpha value is -2.13. The number of hydrogen-bond donors (Lipinski definition) is 2. The molecule has 0 saturated heterocycles. The lowest BCUT2D eigenvalue weighted by molar-refractivity contribution is 0.0697. The third-order valence-electron chi connectivity index (χ3n) is 3.94. The second kappa shape index (κ2) is 9.58. The Morgan fingerprint density at radius 1 is 1.14 bits per heavy atom. The molecule has 1 aromatic heterocycles. The lowest BCUT2D eigenvalue weighted by Gasteiger charge is -2.28. The molecule has 0 unspecified atom stereocenters. The lowest BCUT2D eigenvalue weighted by atomic mass is 10.1. The van der Waals surface area contributed by atoms with Gasteiger partial charge in [0, 0.05) is 17.6 Å². The molecule has 2 N–H and O–H groups in total. The summed E-state index contributed by atoms with van der Waals surface area (Å²) in [6, 6.07) is 7.47. The average molecular weight is 484 g/mol. The average Bonchev–Trinajstić information content (AvgIpc) is 2.60. The summed E-state index contributed by atoms with van der Waals surface area (Å²) < 4.78 is 28.3. The molecule has 2 aromatic rings. The van der Waals surface area contributed by atoms with E-state index in [4.69, 9.17) is 0 Å². The highest BCUT2D eigenvalue weighted by Crippen LogP contribution is 2.25. The number of hydrogen-bond acceptors (Lipinski definition) is 5. The van der Waals surface area contributed by atoms with Gasteiger partial charge in [0.15, 0.2) is 0 Å². The molecule has 1 heterocycles. The second-order valence-electron chi connectivity index (χ2n) is 7.65. The van der Waals surface area contributed by atoms with E-state index in [9.17, 15) is 18.3 Å². The zero-order valence-corrected chi connectivity index (χ0v) is 19.3. The van der Waals surface area contributed by atoms with Crippen LogP contribution in [0.25, 0.3) is 0 Å². The molecule has 7 nitrogen and oxygen atoms in total. The fraction of sp³-hybridized carbons (Fsp3) is 0.400. The summed E-state index contributed by atoms with van der Waals surface area (Å²) in [4.78, 5) is 18.2. The summed E-state index contributed by atoms with van der Waals surface area (Å²) in [5.74, 6) is -0.193. The van der Waals surface area contributed by atoms with Crippen LogP contribution in [0.4, 0.5) is 11.5 Å². The van der Waals surface area contributed by atoms with Gasteiger partial charge in [0.25, 0.3) is 10.0 Å². The Kier molecular flexibility index (Phi) is 7.65. The first-order valence-corrected chi connectivity index (χ1v) is 11.5. The summed E-state index contributed by atoms with van der Waals surface area (Å²) >= 11 is 3.26. The standard InChI is InChI=1S/C20H26BrN3O4S/c1-13(2)11-24(12-14(3)4)19-18(20(25)26)9-16(10-22-19)23-29(27,28)17-7-5-15(21)6-8-17/h5-10,13-14,23H,11-12H2,1-4H3,(H,25,26). The molecule has 2 rings (SSSR count). The Bertz CT molecular complexity index is 950.